The van der Waals surface area contributed by atoms with E-state index in [-0.39, 0.29) is 11.5 Å². The normalized spacial score (nSPS) is 14.3. The summed E-state index contributed by atoms with van der Waals surface area (Å²) in [4.78, 5) is 12.3. The van der Waals surface area contributed by atoms with Crippen molar-refractivity contribution in [3.05, 3.63) is 29.3 Å². The molecule has 0 heterocycles. The van der Waals surface area contributed by atoms with E-state index < -0.39 is 41.0 Å². The Morgan fingerprint density at radius 1 is 0.960 bits per heavy atom. The van der Waals surface area contributed by atoms with Crippen molar-refractivity contribution >= 4 is 11.6 Å². The third-order valence-corrected chi connectivity index (χ3v) is 3.58. The lowest BCUT2D eigenvalue weighted by molar-refractivity contribution is -0.143. The van der Waals surface area contributed by atoms with Crippen LogP contribution >= 0.6 is 0 Å². The molecule has 0 aliphatic rings. The summed E-state index contributed by atoms with van der Waals surface area (Å²) in [6.07, 6.45) is -9.01. The van der Waals surface area contributed by atoms with Crippen LogP contribution in [-0.2, 0) is 17.1 Å². The summed E-state index contributed by atoms with van der Waals surface area (Å²) >= 11 is 0. The Morgan fingerprint density at radius 2 is 1.40 bits per heavy atom. The van der Waals surface area contributed by atoms with Gasteiger partial charge in [0.2, 0.25) is 5.91 Å². The number of hydrogen-bond donors (Lipinski definition) is 1. The van der Waals surface area contributed by atoms with E-state index in [1.165, 1.54) is 0 Å². The largest absolute Gasteiger partial charge is 0.416 e. The van der Waals surface area contributed by atoms with Gasteiger partial charge >= 0.3 is 12.4 Å². The highest BCUT2D eigenvalue weighted by Crippen LogP contribution is 2.38. The topological polar surface area (TPSA) is 29.1 Å². The van der Waals surface area contributed by atoms with Crippen molar-refractivity contribution in [1.29, 1.82) is 0 Å². The maximum atomic E-state index is 12.8. The molecule has 1 N–H and O–H groups in total. The molecule has 0 aliphatic carbocycles. The number of amides is 1. The van der Waals surface area contributed by atoms with Crippen molar-refractivity contribution in [3.8, 4) is 0 Å². The molecule has 0 spiro atoms. The van der Waals surface area contributed by atoms with E-state index in [1.807, 2.05) is 20.8 Å². The Kier molecular flexibility index (Phi) is 6.18. The van der Waals surface area contributed by atoms with Gasteiger partial charge in [-0.3, -0.25) is 4.79 Å². The summed E-state index contributed by atoms with van der Waals surface area (Å²) in [5.41, 5.74) is -3.63. The molecular formula is C17H21F6NO. The highest BCUT2D eigenvalue weighted by Gasteiger charge is 2.37. The zero-order valence-electron chi connectivity index (χ0n) is 14.4. The van der Waals surface area contributed by atoms with Crippen LogP contribution in [0.1, 0.15) is 51.7 Å². The third kappa shape index (κ3) is 6.59. The van der Waals surface area contributed by atoms with Crippen molar-refractivity contribution in [2.45, 2.75) is 52.9 Å². The molecule has 0 bridgehead atoms. The summed E-state index contributed by atoms with van der Waals surface area (Å²) < 4.78 is 77.0. The van der Waals surface area contributed by atoms with Crippen LogP contribution in [0.5, 0.6) is 0 Å². The number of nitrogens with one attached hydrogen (secondary N) is 1. The summed E-state index contributed by atoms with van der Waals surface area (Å²) in [5.74, 6) is -1.10. The predicted molar refractivity (Wildman–Crippen MR) is 82.9 cm³/mol. The first-order valence-electron chi connectivity index (χ1n) is 7.74. The molecule has 1 unspecified atom stereocenters. The number of benzene rings is 1. The van der Waals surface area contributed by atoms with Gasteiger partial charge in [-0.05, 0) is 36.5 Å². The van der Waals surface area contributed by atoms with E-state index >= 15 is 0 Å². The highest BCUT2D eigenvalue weighted by molar-refractivity contribution is 5.92. The molecule has 0 saturated heterocycles. The molecule has 142 valence electrons. The van der Waals surface area contributed by atoms with Crippen LogP contribution < -0.4 is 5.32 Å². The first-order valence-corrected chi connectivity index (χ1v) is 7.74. The minimum atomic E-state index is -4.95. The van der Waals surface area contributed by atoms with Crippen molar-refractivity contribution in [3.63, 3.8) is 0 Å². The monoisotopic (exact) mass is 369 g/mol. The Balaban J connectivity index is 3.17. The van der Waals surface area contributed by atoms with Gasteiger partial charge in [0, 0.05) is 11.6 Å². The second-order valence-corrected chi connectivity index (χ2v) is 7.15. The smallest absolute Gasteiger partial charge is 0.326 e. The lowest BCUT2D eigenvalue weighted by atomic mass is 9.83. The Bertz CT molecular complexity index is 581. The lowest BCUT2D eigenvalue weighted by Gasteiger charge is -2.24. The SMILES string of the molecule is CCC(CC(C)(C)C)C(=O)Nc1cc(C(F)(F)F)cc(C(F)(F)F)c1. The van der Waals surface area contributed by atoms with Gasteiger partial charge in [-0.25, -0.2) is 0 Å². The van der Waals surface area contributed by atoms with Gasteiger partial charge in [0.1, 0.15) is 0 Å². The Labute approximate surface area is 142 Å². The first kappa shape index (κ1) is 21.3. The second-order valence-electron chi connectivity index (χ2n) is 7.15. The number of anilines is 1. The fraction of sp³-hybridized carbons (Fsp3) is 0.588. The molecule has 8 heteroatoms. The maximum Gasteiger partial charge on any atom is 0.416 e. The van der Waals surface area contributed by atoms with E-state index in [0.29, 0.717) is 25.0 Å². The predicted octanol–water partition coefficient (Wildman–Crippen LogP) is 6.13. The Hall–Kier alpha value is -1.73. The molecule has 1 aromatic rings. The highest BCUT2D eigenvalue weighted by atomic mass is 19.4. The van der Waals surface area contributed by atoms with Gasteiger partial charge in [-0.1, -0.05) is 27.7 Å². The molecule has 0 aromatic heterocycles. The molecular weight excluding hydrogens is 348 g/mol. The Morgan fingerprint density at radius 3 is 1.72 bits per heavy atom. The number of carbonyl (C=O) groups is 1. The summed E-state index contributed by atoms with van der Waals surface area (Å²) in [6, 6.07) is 1.05. The van der Waals surface area contributed by atoms with Crippen molar-refractivity contribution in [2.24, 2.45) is 11.3 Å². The van der Waals surface area contributed by atoms with Crippen LogP contribution in [0.3, 0.4) is 0 Å². The van der Waals surface area contributed by atoms with Crippen LogP contribution in [0.4, 0.5) is 32.0 Å². The van der Waals surface area contributed by atoms with Crippen molar-refractivity contribution < 1.29 is 31.1 Å². The van der Waals surface area contributed by atoms with Gasteiger partial charge in [0.05, 0.1) is 11.1 Å². The van der Waals surface area contributed by atoms with E-state index in [2.05, 4.69) is 5.32 Å². The van der Waals surface area contributed by atoms with Gasteiger partial charge in [0.15, 0.2) is 0 Å². The van der Waals surface area contributed by atoms with Crippen LogP contribution in [0.15, 0.2) is 18.2 Å². The van der Waals surface area contributed by atoms with Gasteiger partial charge < -0.3 is 5.32 Å². The van der Waals surface area contributed by atoms with Crippen LogP contribution in [0, 0.1) is 11.3 Å². The van der Waals surface area contributed by atoms with E-state index in [9.17, 15) is 31.1 Å². The number of alkyl halides is 6. The summed E-state index contributed by atoms with van der Waals surface area (Å²) in [7, 11) is 0. The zero-order valence-corrected chi connectivity index (χ0v) is 14.4. The average molecular weight is 369 g/mol. The number of halogens is 6. The van der Waals surface area contributed by atoms with Gasteiger partial charge in [-0.2, -0.15) is 26.3 Å². The fourth-order valence-corrected chi connectivity index (χ4v) is 2.43. The second kappa shape index (κ2) is 7.25. The van der Waals surface area contributed by atoms with Crippen LogP contribution in [0.25, 0.3) is 0 Å². The van der Waals surface area contributed by atoms with Gasteiger partial charge in [0.25, 0.3) is 0 Å². The molecule has 25 heavy (non-hydrogen) atoms. The minimum Gasteiger partial charge on any atom is -0.326 e. The number of carbonyl (C=O) groups excluding carboxylic acids is 1. The number of rotatable bonds is 4. The standard InChI is InChI=1S/C17H21F6NO/c1-5-10(9-15(2,3)4)14(25)24-13-7-11(16(18,19)20)6-12(8-13)17(21,22)23/h6-8,10H,5,9H2,1-4H3,(H,24,25). The van der Waals surface area contributed by atoms with Gasteiger partial charge in [-0.15, -0.1) is 0 Å². The molecule has 0 saturated carbocycles. The third-order valence-electron chi connectivity index (χ3n) is 3.58. The van der Waals surface area contributed by atoms with E-state index in [4.69, 9.17) is 0 Å². The molecule has 2 nitrogen and oxygen atoms in total. The molecule has 1 rings (SSSR count). The molecule has 1 aromatic carbocycles. The molecule has 0 aliphatic heterocycles. The summed E-state index contributed by atoms with van der Waals surface area (Å²) in [5, 5.41) is 2.20. The zero-order chi connectivity index (χ0) is 19.6. The summed E-state index contributed by atoms with van der Waals surface area (Å²) in [6.45, 7) is 7.43. The van der Waals surface area contributed by atoms with E-state index in [0.717, 1.165) is 0 Å². The van der Waals surface area contributed by atoms with Crippen molar-refractivity contribution in [2.75, 3.05) is 5.32 Å². The van der Waals surface area contributed by atoms with Crippen LogP contribution in [-0.4, -0.2) is 5.91 Å². The van der Waals surface area contributed by atoms with E-state index in [1.54, 1.807) is 6.92 Å². The fourth-order valence-electron chi connectivity index (χ4n) is 2.43. The first-order chi connectivity index (χ1) is 11.1. The average Bonchev–Trinajstić information content (AvgIpc) is 2.41. The number of hydrogen-bond acceptors (Lipinski definition) is 1. The maximum absolute atomic E-state index is 12.8. The van der Waals surface area contributed by atoms with Crippen molar-refractivity contribution in [1.82, 2.24) is 0 Å². The molecule has 0 radical (unpaired) electrons. The molecule has 1 amide bonds. The molecule has 0 fully saturated rings. The lowest BCUT2D eigenvalue weighted by Crippen LogP contribution is -2.26. The minimum absolute atomic E-state index is 0.0299. The molecule has 1 atom stereocenters. The quantitative estimate of drug-likeness (QED) is 0.636. The van der Waals surface area contributed by atoms with Crippen LogP contribution in [0.2, 0.25) is 0 Å².